The molecule has 0 aliphatic carbocycles. The number of alkyl halides is 1. The summed E-state index contributed by atoms with van der Waals surface area (Å²) >= 11 is 3.28. The second-order valence-corrected chi connectivity index (χ2v) is 17.1. The number of rotatable bonds is 11. The van der Waals surface area contributed by atoms with Crippen LogP contribution in [0.1, 0.15) is 22.3 Å². The zero-order valence-electron chi connectivity index (χ0n) is 38.5. The van der Waals surface area contributed by atoms with Gasteiger partial charge in [0.1, 0.15) is 0 Å². The van der Waals surface area contributed by atoms with E-state index in [0.29, 0.717) is 41.5 Å². The maximum atomic E-state index is 9.50. The van der Waals surface area contributed by atoms with Crippen molar-refractivity contribution in [1.82, 2.24) is 4.98 Å². The Morgan fingerprint density at radius 3 is 1.04 bits per heavy atom. The maximum absolute atomic E-state index is 9.50. The number of hydrogen-bond acceptors (Lipinski definition) is 9. The molecule has 10 rings (SSSR count). The third-order valence-electron chi connectivity index (χ3n) is 11.8. The predicted octanol–water partition coefficient (Wildman–Crippen LogP) is -7.30. The number of aromatic nitrogens is 4. The van der Waals surface area contributed by atoms with Gasteiger partial charge in [0, 0.05) is 70.0 Å². The number of halogens is 4. The molecular weight excluding hydrogens is 1170 g/mol. The molecule has 0 fully saturated rings. The fourth-order valence-electron chi connectivity index (χ4n) is 8.42. The van der Waals surface area contributed by atoms with Gasteiger partial charge in [0.15, 0.2) is 38.2 Å². The lowest BCUT2D eigenvalue weighted by Crippen LogP contribution is -3.00. The summed E-state index contributed by atoms with van der Waals surface area (Å²) in [5, 5.41) is 79.5. The van der Waals surface area contributed by atoms with Crippen LogP contribution in [0.5, 0.6) is 0 Å². The SMILES string of the molecule is OB(O)c1cccc(CBr)c1.OB(O)c1cccc(C[n+]2cccc3c4ccc[n+](Cc5cccc(B(O)O)c5)c4ccc32)c1.OB(O)c1cccc(C[n+]2cccc3c4cccnc4ccc32)c1.[Br-].[Br-].[Br-]. The first-order chi connectivity index (χ1) is 33.4. The summed E-state index contributed by atoms with van der Waals surface area (Å²) in [5.41, 5.74) is 10.3. The minimum Gasteiger partial charge on any atom is -1.00 e. The molecule has 0 radical (unpaired) electrons. The van der Waals surface area contributed by atoms with E-state index in [1.54, 1.807) is 42.6 Å². The highest BCUT2D eigenvalue weighted by Crippen LogP contribution is 2.23. The van der Waals surface area contributed by atoms with Crippen molar-refractivity contribution in [2.45, 2.75) is 25.0 Å². The molecule has 0 aliphatic heterocycles. The van der Waals surface area contributed by atoms with Gasteiger partial charge >= 0.3 is 28.5 Å². The number of pyridine rings is 4. The number of fused-ring (bicyclic) bond motifs is 6. The van der Waals surface area contributed by atoms with Gasteiger partial charge in [-0.25, -0.2) is 0 Å². The van der Waals surface area contributed by atoms with E-state index in [9.17, 15) is 30.1 Å². The van der Waals surface area contributed by atoms with Crippen LogP contribution in [0.15, 0.2) is 195 Å². The second kappa shape index (κ2) is 27.2. The van der Waals surface area contributed by atoms with Crippen molar-refractivity contribution in [3.63, 3.8) is 0 Å². The summed E-state index contributed by atoms with van der Waals surface area (Å²) in [5.74, 6) is 0. The molecule has 0 atom stereocenters. The van der Waals surface area contributed by atoms with Gasteiger partial charge in [-0.1, -0.05) is 119 Å². The molecule has 20 heteroatoms. The van der Waals surface area contributed by atoms with E-state index >= 15 is 0 Å². The first kappa shape index (κ1) is 57.7. The van der Waals surface area contributed by atoms with Crippen LogP contribution in [0.4, 0.5) is 0 Å². The second-order valence-electron chi connectivity index (χ2n) is 16.5. The third kappa shape index (κ3) is 14.3. The van der Waals surface area contributed by atoms with Crippen LogP contribution >= 0.6 is 15.9 Å². The topological polar surface area (TPSA) is 186 Å². The molecule has 0 unspecified atom stereocenters. The normalized spacial score (nSPS) is 10.5. The van der Waals surface area contributed by atoms with Gasteiger partial charge in [-0.05, 0) is 57.7 Å². The molecule has 0 saturated heterocycles. The smallest absolute Gasteiger partial charge is 0.488 e. The van der Waals surface area contributed by atoms with Crippen LogP contribution in [0.25, 0.3) is 43.6 Å². The fraction of sp³-hybridized carbons (Fsp3) is 0.0769. The highest BCUT2D eigenvalue weighted by molar-refractivity contribution is 9.08. The monoisotopic (exact) mass is 1220 g/mol. The first-order valence-corrected chi connectivity index (χ1v) is 23.3. The Morgan fingerprint density at radius 1 is 0.361 bits per heavy atom. The van der Waals surface area contributed by atoms with Crippen LogP contribution in [0, 0.1) is 0 Å². The van der Waals surface area contributed by atoms with Gasteiger partial charge < -0.3 is 91.1 Å². The maximum Gasteiger partial charge on any atom is 0.488 e. The van der Waals surface area contributed by atoms with E-state index in [1.807, 2.05) is 110 Å². The summed E-state index contributed by atoms with van der Waals surface area (Å²) in [6.45, 7) is 1.86. The van der Waals surface area contributed by atoms with Crippen LogP contribution in [0.3, 0.4) is 0 Å². The Kier molecular flexibility index (Phi) is 21.8. The predicted molar refractivity (Wildman–Crippen MR) is 276 cm³/mol. The van der Waals surface area contributed by atoms with E-state index in [1.165, 1.54) is 0 Å². The van der Waals surface area contributed by atoms with Gasteiger partial charge in [-0.3, -0.25) is 4.98 Å². The van der Waals surface area contributed by atoms with Crippen molar-refractivity contribution < 1.29 is 105 Å². The molecule has 0 amide bonds. The number of nitrogens with zero attached hydrogens (tertiary/aromatic N) is 4. The Bertz CT molecular complexity index is 3290. The van der Waals surface area contributed by atoms with Gasteiger partial charge in [0.25, 0.3) is 0 Å². The van der Waals surface area contributed by atoms with Crippen molar-refractivity contribution in [2.24, 2.45) is 0 Å². The Labute approximate surface area is 458 Å². The zero-order valence-corrected chi connectivity index (χ0v) is 44.8. The summed E-state index contributed by atoms with van der Waals surface area (Å²) in [7, 11) is -5.79. The third-order valence-corrected chi connectivity index (χ3v) is 12.4. The van der Waals surface area contributed by atoms with Crippen LogP contribution in [0.2, 0.25) is 0 Å². The molecule has 0 spiro atoms. The van der Waals surface area contributed by atoms with Crippen LogP contribution in [-0.2, 0) is 25.0 Å². The molecule has 4 aromatic heterocycles. The molecule has 0 aliphatic rings. The fourth-order valence-corrected chi connectivity index (χ4v) is 8.77. The molecule has 72 heavy (non-hydrogen) atoms. The molecule has 6 aromatic carbocycles. The molecule has 12 nitrogen and oxygen atoms in total. The summed E-state index contributed by atoms with van der Waals surface area (Å²) in [6, 6.07) is 53.9. The van der Waals surface area contributed by atoms with E-state index in [0.717, 1.165) is 71.2 Å². The lowest BCUT2D eigenvalue weighted by atomic mass is 9.79. The minimum atomic E-state index is -1.49. The van der Waals surface area contributed by atoms with Crippen LogP contribution < -0.4 is 86.5 Å². The highest BCUT2D eigenvalue weighted by Gasteiger charge is 2.20. The van der Waals surface area contributed by atoms with Crippen LogP contribution in [-0.4, -0.2) is 73.6 Å². The van der Waals surface area contributed by atoms with Crippen molar-refractivity contribution in [3.05, 3.63) is 217 Å². The Balaban J connectivity index is 0.000000221. The highest BCUT2D eigenvalue weighted by atomic mass is 79.9. The van der Waals surface area contributed by atoms with Crippen molar-refractivity contribution in [1.29, 1.82) is 0 Å². The molecule has 364 valence electrons. The lowest BCUT2D eigenvalue weighted by Gasteiger charge is -2.07. The standard InChI is InChI=1S/C26H24B2N2O4.C19H16BN2O2.C7H8BBrO2.3BrH/c31-27(32)21-7-1-5-19(15-21)17-29-13-3-9-23-24-10-4-14-30(26(24)12-11-25(23)29)18-20-6-2-8-22(16-20)28(33)34;23-20(24)15-5-1-4-14(12-15)13-22-11-3-7-17-16-6-2-10-21-18(16)8-9-19(17)22;9-5-6-2-1-3-7(4-6)8(10)11;;;/h1-16,31-34H,17-18H2;1-12,23-24H,13H2;1-4,10-11H,5H2;3*1H/q+2;+1;;;;/p-3. The van der Waals surface area contributed by atoms with Gasteiger partial charge in [0.2, 0.25) is 16.6 Å². The van der Waals surface area contributed by atoms with Crippen molar-refractivity contribution in [3.8, 4) is 0 Å². The molecule has 0 saturated carbocycles. The van der Waals surface area contributed by atoms with E-state index in [4.69, 9.17) is 10.0 Å². The van der Waals surface area contributed by atoms with E-state index in [-0.39, 0.29) is 50.9 Å². The van der Waals surface area contributed by atoms with Crippen molar-refractivity contribution in [2.75, 3.05) is 0 Å². The first-order valence-electron chi connectivity index (χ1n) is 22.2. The number of benzene rings is 6. The summed E-state index contributed by atoms with van der Waals surface area (Å²) in [6.07, 6.45) is 7.89. The average Bonchev–Trinajstić information content (AvgIpc) is 3.37. The van der Waals surface area contributed by atoms with E-state index in [2.05, 4.69) is 77.1 Å². The Hall–Kier alpha value is -5.18. The van der Waals surface area contributed by atoms with Crippen molar-refractivity contribution >= 4 is 110 Å². The lowest BCUT2D eigenvalue weighted by molar-refractivity contribution is -0.664. The zero-order chi connectivity index (χ0) is 48.4. The van der Waals surface area contributed by atoms with E-state index < -0.39 is 28.5 Å². The molecule has 4 heterocycles. The summed E-state index contributed by atoms with van der Waals surface area (Å²) in [4.78, 5) is 4.41. The largest absolute Gasteiger partial charge is 1.00 e. The average molecular weight is 1220 g/mol. The van der Waals surface area contributed by atoms with Gasteiger partial charge in [-0.15, -0.1) is 0 Å². The van der Waals surface area contributed by atoms with Gasteiger partial charge in [0.05, 0.1) is 21.7 Å². The van der Waals surface area contributed by atoms with Gasteiger partial charge in [-0.2, -0.15) is 13.7 Å². The molecule has 10 aromatic rings. The summed E-state index contributed by atoms with van der Waals surface area (Å²) < 4.78 is 6.47. The molecule has 8 N–H and O–H groups in total. The quantitative estimate of drug-likeness (QED) is 0.0270. The molecular formula is C52H48B4Br4N4O8. The number of hydrogen-bond donors (Lipinski definition) is 8. The minimum absolute atomic E-state index is 0. The Morgan fingerprint density at radius 2 is 0.681 bits per heavy atom. The molecule has 0 bridgehead atoms.